The highest BCUT2D eigenvalue weighted by molar-refractivity contribution is 5.97. The van der Waals surface area contributed by atoms with Crippen LogP contribution in [0.15, 0.2) is 30.5 Å². The lowest BCUT2D eigenvalue weighted by atomic mass is 9.77. The van der Waals surface area contributed by atoms with Crippen LogP contribution in [0.3, 0.4) is 0 Å². The van der Waals surface area contributed by atoms with Gasteiger partial charge < -0.3 is 25.3 Å². The van der Waals surface area contributed by atoms with Crippen LogP contribution in [-0.2, 0) is 14.3 Å². The molecule has 2 saturated heterocycles. The van der Waals surface area contributed by atoms with E-state index < -0.39 is 58.9 Å². The van der Waals surface area contributed by atoms with Gasteiger partial charge in [0.05, 0.1) is 13.2 Å². The van der Waals surface area contributed by atoms with Gasteiger partial charge in [-0.2, -0.15) is 17.6 Å². The second-order valence-electron chi connectivity index (χ2n) is 10.3. The van der Waals surface area contributed by atoms with Gasteiger partial charge in [-0.05, 0) is 32.0 Å². The van der Waals surface area contributed by atoms with Crippen LogP contribution in [-0.4, -0.2) is 78.5 Å². The van der Waals surface area contributed by atoms with Crippen molar-refractivity contribution in [1.29, 1.82) is 0 Å². The summed E-state index contributed by atoms with van der Waals surface area (Å²) in [5.41, 5.74) is 2.09. The number of hydrogen-bond acceptors (Lipinski definition) is 7. The lowest BCUT2D eigenvalue weighted by Crippen LogP contribution is -2.47. The first-order chi connectivity index (χ1) is 19.2. The first kappa shape index (κ1) is 30.6. The van der Waals surface area contributed by atoms with Gasteiger partial charge in [0.2, 0.25) is 5.82 Å². The number of halogens is 5. The minimum atomic E-state index is -4.92. The maximum atomic E-state index is 15.2. The van der Waals surface area contributed by atoms with E-state index in [0.717, 1.165) is 25.1 Å². The molecule has 3 heterocycles. The van der Waals surface area contributed by atoms with Crippen LogP contribution < -0.4 is 15.8 Å². The molecule has 2 aliphatic rings. The normalized spacial score (nSPS) is 27.0. The van der Waals surface area contributed by atoms with Crippen LogP contribution in [0.1, 0.15) is 42.7 Å². The van der Waals surface area contributed by atoms with E-state index in [2.05, 4.69) is 10.3 Å². The Hall–Kier alpha value is -3.36. The molecule has 5 atom stereocenters. The lowest BCUT2D eigenvalue weighted by Gasteiger charge is -2.33. The van der Waals surface area contributed by atoms with Crippen molar-refractivity contribution in [1.82, 2.24) is 9.88 Å². The maximum Gasteiger partial charge on any atom is 0.417 e. The minimum Gasteiger partial charge on any atom is -0.489 e. The summed E-state index contributed by atoms with van der Waals surface area (Å²) in [7, 11) is 0. The molecule has 0 unspecified atom stereocenters. The summed E-state index contributed by atoms with van der Waals surface area (Å²) in [6.45, 7) is 5.76. The van der Waals surface area contributed by atoms with E-state index in [4.69, 9.17) is 19.9 Å². The third-order valence-corrected chi connectivity index (χ3v) is 7.78. The standard InChI is InChI=1S/C27H31F5N4O5/c1-14-13-39-10-8-36(14)9-11-40-22-17(4-5-18(28)21(22)29)20-15(2)26(3,27(30,31)32)41-23(20)25(38)35-16-6-7-34-19(12-16)24(33)37/h4-7,12,14-15,20,23H,8-11,13H2,1-3H3,(H2,33,37)(H,34,35,38)/t14-,15+,20+,23-,26-/m1/s1. The van der Waals surface area contributed by atoms with Crippen LogP contribution >= 0.6 is 0 Å². The lowest BCUT2D eigenvalue weighted by molar-refractivity contribution is -0.272. The van der Waals surface area contributed by atoms with E-state index in [1.807, 2.05) is 11.8 Å². The van der Waals surface area contributed by atoms with Gasteiger partial charge in [-0.15, -0.1) is 0 Å². The van der Waals surface area contributed by atoms with Crippen molar-refractivity contribution in [3.05, 3.63) is 53.4 Å². The van der Waals surface area contributed by atoms with Crippen molar-refractivity contribution in [3.8, 4) is 5.75 Å². The predicted molar refractivity (Wildman–Crippen MR) is 136 cm³/mol. The van der Waals surface area contributed by atoms with Crippen molar-refractivity contribution >= 4 is 17.5 Å². The molecule has 2 amide bonds. The molecule has 1 aromatic carbocycles. The topological polar surface area (TPSA) is 116 Å². The zero-order valence-corrected chi connectivity index (χ0v) is 22.6. The number of ether oxygens (including phenoxy) is 3. The van der Waals surface area contributed by atoms with Gasteiger partial charge in [0.1, 0.15) is 18.4 Å². The third kappa shape index (κ3) is 6.14. The highest BCUT2D eigenvalue weighted by Gasteiger charge is 2.66. The highest BCUT2D eigenvalue weighted by Crippen LogP contribution is 2.55. The number of aromatic nitrogens is 1. The van der Waals surface area contributed by atoms with Crippen LogP contribution in [0.4, 0.5) is 27.6 Å². The number of benzene rings is 1. The zero-order chi connectivity index (χ0) is 30.1. The summed E-state index contributed by atoms with van der Waals surface area (Å²) in [4.78, 5) is 30.7. The maximum absolute atomic E-state index is 15.2. The fraction of sp³-hybridized carbons (Fsp3) is 0.519. The number of nitrogens with zero attached hydrogens (tertiary/aromatic N) is 2. The molecule has 2 aliphatic heterocycles. The van der Waals surface area contributed by atoms with E-state index in [1.165, 1.54) is 19.2 Å². The van der Waals surface area contributed by atoms with Gasteiger partial charge in [0.15, 0.2) is 17.2 Å². The molecular formula is C27H31F5N4O5. The molecule has 1 aromatic heterocycles. The van der Waals surface area contributed by atoms with E-state index in [-0.39, 0.29) is 29.6 Å². The van der Waals surface area contributed by atoms with Gasteiger partial charge >= 0.3 is 6.18 Å². The number of nitrogens with one attached hydrogen (secondary N) is 1. The molecule has 14 heteroatoms. The Morgan fingerprint density at radius 3 is 2.63 bits per heavy atom. The van der Waals surface area contributed by atoms with Gasteiger partial charge in [0.25, 0.3) is 11.8 Å². The van der Waals surface area contributed by atoms with Crippen LogP contribution in [0.2, 0.25) is 0 Å². The number of alkyl halides is 3. The Kier molecular flexibility index (Phi) is 8.85. The quantitative estimate of drug-likeness (QED) is 0.454. The van der Waals surface area contributed by atoms with Crippen LogP contribution in [0, 0.1) is 17.6 Å². The van der Waals surface area contributed by atoms with E-state index in [9.17, 15) is 27.2 Å². The fourth-order valence-electron chi connectivity index (χ4n) is 5.19. The first-order valence-corrected chi connectivity index (χ1v) is 13.0. The summed E-state index contributed by atoms with van der Waals surface area (Å²) in [6.07, 6.45) is -5.53. The average molecular weight is 587 g/mol. The Labute approximate surface area is 233 Å². The third-order valence-electron chi connectivity index (χ3n) is 7.78. The molecule has 9 nitrogen and oxygen atoms in total. The summed E-state index contributed by atoms with van der Waals surface area (Å²) >= 11 is 0. The zero-order valence-electron chi connectivity index (χ0n) is 22.6. The van der Waals surface area contributed by atoms with Gasteiger partial charge in [0, 0.05) is 48.4 Å². The Morgan fingerprint density at radius 2 is 1.98 bits per heavy atom. The number of rotatable bonds is 8. The summed E-state index contributed by atoms with van der Waals surface area (Å²) in [6, 6.07) is 4.38. The molecule has 2 fully saturated rings. The van der Waals surface area contributed by atoms with E-state index >= 15 is 4.39 Å². The predicted octanol–water partition coefficient (Wildman–Crippen LogP) is 3.64. The summed E-state index contributed by atoms with van der Waals surface area (Å²) in [5.74, 6) is -7.95. The molecule has 0 aliphatic carbocycles. The van der Waals surface area contributed by atoms with Crippen molar-refractivity contribution in [2.24, 2.45) is 11.7 Å². The Balaban J connectivity index is 1.68. The smallest absolute Gasteiger partial charge is 0.417 e. The SMILES string of the molecule is C[C@@H]1COCCN1CCOc1c([C@H]2[C@H](C(=O)Nc3ccnc(C(N)=O)c3)O[C@@](C)(C(F)(F)F)[C@H]2C)ccc(F)c1F. The molecule has 0 saturated carbocycles. The second-order valence-corrected chi connectivity index (χ2v) is 10.3. The largest absolute Gasteiger partial charge is 0.489 e. The molecule has 224 valence electrons. The molecule has 3 N–H and O–H groups in total. The molecule has 0 radical (unpaired) electrons. The Morgan fingerprint density at radius 1 is 1.24 bits per heavy atom. The van der Waals surface area contributed by atoms with Crippen LogP contribution in [0.5, 0.6) is 5.75 Å². The second kappa shape index (κ2) is 11.9. The molecule has 41 heavy (non-hydrogen) atoms. The summed E-state index contributed by atoms with van der Waals surface area (Å²) < 4.78 is 88.8. The van der Waals surface area contributed by atoms with Crippen molar-refractivity contribution in [3.63, 3.8) is 0 Å². The highest BCUT2D eigenvalue weighted by atomic mass is 19.4. The van der Waals surface area contributed by atoms with Crippen molar-refractivity contribution < 1.29 is 45.8 Å². The number of nitrogens with two attached hydrogens (primary N) is 1. The number of pyridine rings is 1. The fourth-order valence-corrected chi connectivity index (χ4v) is 5.19. The first-order valence-electron chi connectivity index (χ1n) is 13.0. The molecule has 0 spiro atoms. The van der Waals surface area contributed by atoms with Gasteiger partial charge in [-0.1, -0.05) is 13.0 Å². The van der Waals surface area contributed by atoms with Crippen molar-refractivity contribution in [2.75, 3.05) is 38.2 Å². The van der Waals surface area contributed by atoms with E-state index in [0.29, 0.717) is 26.3 Å². The summed E-state index contributed by atoms with van der Waals surface area (Å²) in [5, 5.41) is 2.42. The molecular weight excluding hydrogens is 555 g/mol. The van der Waals surface area contributed by atoms with Crippen LogP contribution in [0.25, 0.3) is 0 Å². The van der Waals surface area contributed by atoms with E-state index in [1.54, 1.807) is 0 Å². The molecule has 2 aromatic rings. The number of amides is 2. The Bertz CT molecular complexity index is 1300. The average Bonchev–Trinajstić information content (AvgIpc) is 3.19. The monoisotopic (exact) mass is 586 g/mol. The minimum absolute atomic E-state index is 0.0239. The van der Waals surface area contributed by atoms with Crippen molar-refractivity contribution in [2.45, 2.75) is 50.6 Å². The van der Waals surface area contributed by atoms with Gasteiger partial charge in [-0.25, -0.2) is 4.39 Å². The molecule has 0 bridgehead atoms. The number of carbonyl (C=O) groups excluding carboxylic acids is 2. The number of hydrogen-bond donors (Lipinski definition) is 2. The number of carbonyl (C=O) groups is 2. The number of anilines is 1. The number of primary amides is 1. The molecule has 4 rings (SSSR count). The van der Waals surface area contributed by atoms with Gasteiger partial charge in [-0.3, -0.25) is 19.5 Å². The number of morpholine rings is 1.